The second-order valence-electron chi connectivity index (χ2n) is 5.26. The molecule has 1 fully saturated rings. The summed E-state index contributed by atoms with van der Waals surface area (Å²) >= 11 is 1.74. The smallest absolute Gasteiger partial charge is 0.107 e. The van der Waals surface area contributed by atoms with Gasteiger partial charge in [-0.2, -0.15) is 0 Å². The van der Waals surface area contributed by atoms with E-state index in [0.29, 0.717) is 0 Å². The fourth-order valence-electron chi connectivity index (χ4n) is 2.73. The zero-order valence-electron chi connectivity index (χ0n) is 11.2. The molecular formula is C15H19N3S. The summed E-state index contributed by atoms with van der Waals surface area (Å²) in [5.41, 5.74) is 1.40. The molecule has 1 aliphatic heterocycles. The van der Waals surface area contributed by atoms with Gasteiger partial charge in [-0.25, -0.2) is 4.98 Å². The first-order valence-corrected chi connectivity index (χ1v) is 7.55. The highest BCUT2D eigenvalue weighted by atomic mass is 32.1. The van der Waals surface area contributed by atoms with E-state index < -0.39 is 0 Å². The van der Waals surface area contributed by atoms with Crippen LogP contribution in [0.2, 0.25) is 0 Å². The first kappa shape index (κ1) is 12.8. The van der Waals surface area contributed by atoms with Gasteiger partial charge in [-0.1, -0.05) is 30.3 Å². The normalized spacial score (nSPS) is 24.5. The minimum Gasteiger partial charge on any atom is -0.305 e. The molecule has 100 valence electrons. The number of thiazole rings is 1. The lowest BCUT2D eigenvalue weighted by Crippen LogP contribution is -2.56. The monoisotopic (exact) mass is 273 g/mol. The molecule has 1 saturated heterocycles. The zero-order valence-corrected chi connectivity index (χ0v) is 12.0. The predicted molar refractivity (Wildman–Crippen MR) is 79.2 cm³/mol. The summed E-state index contributed by atoms with van der Waals surface area (Å²) in [7, 11) is 0. The lowest BCUT2D eigenvalue weighted by molar-refractivity contribution is 0.136. The molecule has 3 nitrogen and oxygen atoms in total. The standard InChI is InChI=1S/C15H19N3S/c1-15(13-5-3-2-4-6-13)12-18(9-7-17-15)11-14-16-8-10-19-14/h2-6,8,10,17H,7,9,11-12H2,1H3. The maximum atomic E-state index is 4.39. The molecule has 4 heteroatoms. The summed E-state index contributed by atoms with van der Waals surface area (Å²) in [5.74, 6) is 0. The number of hydrogen-bond acceptors (Lipinski definition) is 4. The Balaban J connectivity index is 1.74. The van der Waals surface area contributed by atoms with E-state index in [1.807, 2.05) is 11.6 Å². The fraction of sp³-hybridized carbons (Fsp3) is 0.400. The molecule has 1 N–H and O–H groups in total. The van der Waals surface area contributed by atoms with E-state index in [4.69, 9.17) is 0 Å². The van der Waals surface area contributed by atoms with E-state index in [-0.39, 0.29) is 5.54 Å². The SMILES string of the molecule is CC1(c2ccccc2)CN(Cc2nccs2)CCN1. The van der Waals surface area contributed by atoms with Crippen molar-refractivity contribution in [2.45, 2.75) is 19.0 Å². The molecule has 0 amide bonds. The maximum absolute atomic E-state index is 4.39. The largest absolute Gasteiger partial charge is 0.305 e. The summed E-state index contributed by atoms with van der Waals surface area (Å²) in [4.78, 5) is 6.88. The fourth-order valence-corrected chi connectivity index (χ4v) is 3.39. The van der Waals surface area contributed by atoms with Gasteiger partial charge in [0.05, 0.1) is 12.1 Å². The Morgan fingerprint density at radius 1 is 1.37 bits per heavy atom. The molecular weight excluding hydrogens is 254 g/mol. The van der Waals surface area contributed by atoms with E-state index in [1.165, 1.54) is 10.6 Å². The Bertz CT molecular complexity index is 511. The molecule has 1 aromatic carbocycles. The second kappa shape index (κ2) is 5.41. The van der Waals surface area contributed by atoms with Crippen LogP contribution in [0.3, 0.4) is 0 Å². The molecule has 2 heterocycles. The van der Waals surface area contributed by atoms with Crippen molar-refractivity contribution in [3.63, 3.8) is 0 Å². The number of benzene rings is 1. The van der Waals surface area contributed by atoms with E-state index in [1.54, 1.807) is 11.3 Å². The Morgan fingerprint density at radius 2 is 2.21 bits per heavy atom. The molecule has 0 aliphatic carbocycles. The van der Waals surface area contributed by atoms with Crippen LogP contribution in [-0.4, -0.2) is 29.5 Å². The van der Waals surface area contributed by atoms with Crippen LogP contribution in [-0.2, 0) is 12.1 Å². The summed E-state index contributed by atoms with van der Waals surface area (Å²) in [6, 6.07) is 10.7. The quantitative estimate of drug-likeness (QED) is 0.931. The van der Waals surface area contributed by atoms with Gasteiger partial charge in [0.25, 0.3) is 0 Å². The van der Waals surface area contributed by atoms with Crippen LogP contribution in [0.1, 0.15) is 17.5 Å². The maximum Gasteiger partial charge on any atom is 0.107 e. The van der Waals surface area contributed by atoms with Crippen LogP contribution in [0.4, 0.5) is 0 Å². The molecule has 0 saturated carbocycles. The summed E-state index contributed by atoms with van der Waals surface area (Å²) < 4.78 is 0. The average molecular weight is 273 g/mol. The van der Waals surface area contributed by atoms with Crippen molar-refractivity contribution in [1.82, 2.24) is 15.2 Å². The van der Waals surface area contributed by atoms with Crippen LogP contribution in [0.5, 0.6) is 0 Å². The van der Waals surface area contributed by atoms with Gasteiger partial charge in [0, 0.05) is 31.2 Å². The van der Waals surface area contributed by atoms with E-state index in [2.05, 4.69) is 52.5 Å². The van der Waals surface area contributed by atoms with E-state index in [9.17, 15) is 0 Å². The zero-order chi connectivity index (χ0) is 13.1. The van der Waals surface area contributed by atoms with Gasteiger partial charge < -0.3 is 5.32 Å². The Kier molecular flexibility index (Phi) is 3.64. The Morgan fingerprint density at radius 3 is 2.95 bits per heavy atom. The summed E-state index contributed by atoms with van der Waals surface area (Å²) in [5, 5.41) is 6.92. The van der Waals surface area contributed by atoms with Crippen LogP contribution >= 0.6 is 11.3 Å². The van der Waals surface area contributed by atoms with Gasteiger partial charge in [-0.3, -0.25) is 4.90 Å². The number of hydrogen-bond donors (Lipinski definition) is 1. The highest BCUT2D eigenvalue weighted by Crippen LogP contribution is 2.25. The Labute approximate surface area is 118 Å². The highest BCUT2D eigenvalue weighted by molar-refractivity contribution is 7.09. The Hall–Kier alpha value is -1.23. The van der Waals surface area contributed by atoms with Gasteiger partial charge in [-0.05, 0) is 12.5 Å². The second-order valence-corrected chi connectivity index (χ2v) is 6.24. The van der Waals surface area contributed by atoms with Crippen molar-refractivity contribution in [1.29, 1.82) is 0 Å². The first-order chi connectivity index (χ1) is 9.26. The molecule has 0 radical (unpaired) electrons. The molecule has 1 atom stereocenters. The average Bonchev–Trinajstić information content (AvgIpc) is 2.93. The van der Waals surface area contributed by atoms with Crippen molar-refractivity contribution in [3.8, 4) is 0 Å². The number of piperazine rings is 1. The van der Waals surface area contributed by atoms with Crippen molar-refractivity contribution in [2.24, 2.45) is 0 Å². The van der Waals surface area contributed by atoms with Gasteiger partial charge in [0.2, 0.25) is 0 Å². The molecule has 0 bridgehead atoms. The molecule has 2 aromatic rings. The van der Waals surface area contributed by atoms with Gasteiger partial charge in [0.1, 0.15) is 5.01 Å². The molecule has 19 heavy (non-hydrogen) atoms. The van der Waals surface area contributed by atoms with E-state index >= 15 is 0 Å². The third-order valence-corrected chi connectivity index (χ3v) is 4.50. The van der Waals surface area contributed by atoms with Crippen LogP contribution in [0, 0.1) is 0 Å². The van der Waals surface area contributed by atoms with Crippen molar-refractivity contribution < 1.29 is 0 Å². The summed E-state index contributed by atoms with van der Waals surface area (Å²) in [6.07, 6.45) is 1.89. The molecule has 1 aliphatic rings. The third-order valence-electron chi connectivity index (χ3n) is 3.74. The van der Waals surface area contributed by atoms with Crippen molar-refractivity contribution in [2.75, 3.05) is 19.6 Å². The minimum atomic E-state index is 0.0385. The van der Waals surface area contributed by atoms with Crippen LogP contribution in [0.25, 0.3) is 0 Å². The number of nitrogens with zero attached hydrogens (tertiary/aromatic N) is 2. The number of aromatic nitrogens is 1. The topological polar surface area (TPSA) is 28.2 Å². The molecule has 1 aromatic heterocycles. The van der Waals surface area contributed by atoms with Crippen molar-refractivity contribution in [3.05, 3.63) is 52.5 Å². The number of rotatable bonds is 3. The van der Waals surface area contributed by atoms with E-state index in [0.717, 1.165) is 26.2 Å². The molecule has 3 rings (SSSR count). The van der Waals surface area contributed by atoms with Crippen molar-refractivity contribution >= 4 is 11.3 Å². The summed E-state index contributed by atoms with van der Waals surface area (Å²) in [6.45, 7) is 6.38. The minimum absolute atomic E-state index is 0.0385. The van der Waals surface area contributed by atoms with Gasteiger partial charge >= 0.3 is 0 Å². The highest BCUT2D eigenvalue weighted by Gasteiger charge is 2.32. The third kappa shape index (κ3) is 2.86. The van der Waals surface area contributed by atoms with Crippen LogP contribution < -0.4 is 5.32 Å². The van der Waals surface area contributed by atoms with Gasteiger partial charge in [0.15, 0.2) is 0 Å². The lowest BCUT2D eigenvalue weighted by atomic mass is 9.90. The number of nitrogens with one attached hydrogen (secondary N) is 1. The first-order valence-electron chi connectivity index (χ1n) is 6.67. The molecule has 0 spiro atoms. The van der Waals surface area contributed by atoms with Gasteiger partial charge in [-0.15, -0.1) is 11.3 Å². The lowest BCUT2D eigenvalue weighted by Gasteiger charge is -2.41. The van der Waals surface area contributed by atoms with Crippen LogP contribution in [0.15, 0.2) is 41.9 Å². The predicted octanol–water partition coefficient (Wildman–Crippen LogP) is 2.46. The molecule has 1 unspecified atom stereocenters.